The topological polar surface area (TPSA) is 111 Å². The molecule has 7 heteroatoms. The highest BCUT2D eigenvalue weighted by Crippen LogP contribution is 2.07. The van der Waals surface area contributed by atoms with E-state index in [4.69, 9.17) is 10.5 Å². The average molecular weight is 377 g/mol. The number of hydrogen-bond donors (Lipinski definition) is 3. The largest absolute Gasteiger partial charge is 0.492 e. The van der Waals surface area contributed by atoms with Crippen molar-refractivity contribution in [1.82, 2.24) is 10.6 Å². The van der Waals surface area contributed by atoms with Crippen LogP contribution in [0.2, 0.25) is 0 Å². The van der Waals surface area contributed by atoms with Crippen LogP contribution in [0.4, 0.5) is 0 Å². The van der Waals surface area contributed by atoms with Crippen LogP contribution in [0.5, 0.6) is 5.75 Å². The Bertz CT molecular complexity index is 578. The first kappa shape index (κ1) is 22.5. The van der Waals surface area contributed by atoms with E-state index in [9.17, 15) is 14.4 Å². The van der Waals surface area contributed by atoms with E-state index >= 15 is 0 Å². The van der Waals surface area contributed by atoms with Crippen LogP contribution in [-0.4, -0.2) is 36.9 Å². The number of rotatable bonds is 14. The van der Waals surface area contributed by atoms with E-state index in [1.165, 1.54) is 0 Å². The number of hydrogen-bond acceptors (Lipinski definition) is 4. The lowest BCUT2D eigenvalue weighted by atomic mass is 10.1. The Morgan fingerprint density at radius 2 is 1.74 bits per heavy atom. The molecule has 0 heterocycles. The minimum Gasteiger partial charge on any atom is -0.492 e. The zero-order chi connectivity index (χ0) is 19.9. The highest BCUT2D eigenvalue weighted by Gasteiger charge is 2.21. The normalized spacial score (nSPS) is 11.4. The summed E-state index contributed by atoms with van der Waals surface area (Å²) in [5.74, 6) is -0.618. The number of para-hydroxylation sites is 1. The summed E-state index contributed by atoms with van der Waals surface area (Å²) in [7, 11) is 0. The van der Waals surface area contributed by atoms with Crippen molar-refractivity contribution in [2.45, 2.75) is 57.9 Å². The van der Waals surface area contributed by atoms with E-state index < -0.39 is 11.9 Å². The zero-order valence-corrected chi connectivity index (χ0v) is 16.0. The minimum absolute atomic E-state index is 0.178. The van der Waals surface area contributed by atoms with Crippen molar-refractivity contribution in [2.75, 3.05) is 13.2 Å². The molecule has 0 aliphatic rings. The van der Waals surface area contributed by atoms with Crippen LogP contribution in [0.15, 0.2) is 30.3 Å². The molecule has 0 aliphatic heterocycles. The van der Waals surface area contributed by atoms with E-state index in [0.717, 1.165) is 32.1 Å². The van der Waals surface area contributed by atoms with Gasteiger partial charge in [0.05, 0.1) is 13.0 Å². The van der Waals surface area contributed by atoms with Gasteiger partial charge in [-0.15, -0.1) is 0 Å². The van der Waals surface area contributed by atoms with Crippen LogP contribution in [0.1, 0.15) is 51.9 Å². The van der Waals surface area contributed by atoms with Crippen LogP contribution in [0.3, 0.4) is 0 Å². The second-order valence-electron chi connectivity index (χ2n) is 6.40. The molecule has 4 N–H and O–H groups in total. The van der Waals surface area contributed by atoms with Crippen LogP contribution >= 0.6 is 0 Å². The van der Waals surface area contributed by atoms with Crippen molar-refractivity contribution in [3.05, 3.63) is 30.3 Å². The summed E-state index contributed by atoms with van der Waals surface area (Å²) in [6, 6.07) is 8.25. The maximum absolute atomic E-state index is 12.0. The molecular formula is C20H31N3O4. The molecule has 0 fully saturated rings. The Morgan fingerprint density at radius 1 is 1.04 bits per heavy atom. The summed E-state index contributed by atoms with van der Waals surface area (Å²) >= 11 is 0. The first-order chi connectivity index (χ1) is 13.0. The van der Waals surface area contributed by atoms with Gasteiger partial charge in [0.2, 0.25) is 17.7 Å². The predicted molar refractivity (Wildman–Crippen MR) is 104 cm³/mol. The Hall–Kier alpha value is -2.57. The fourth-order valence-electron chi connectivity index (χ4n) is 2.51. The van der Waals surface area contributed by atoms with Crippen molar-refractivity contribution in [2.24, 2.45) is 5.73 Å². The summed E-state index contributed by atoms with van der Waals surface area (Å²) in [6.45, 7) is 2.73. The molecule has 1 rings (SSSR count). The fraction of sp³-hybridized carbons (Fsp3) is 0.550. The number of carbonyl (C=O) groups excluding carboxylic acids is 3. The van der Waals surface area contributed by atoms with Gasteiger partial charge in [-0.2, -0.15) is 0 Å². The Kier molecular flexibility index (Phi) is 11.3. The van der Waals surface area contributed by atoms with Gasteiger partial charge in [-0.1, -0.05) is 50.8 Å². The van der Waals surface area contributed by atoms with E-state index in [-0.39, 0.29) is 18.2 Å². The van der Waals surface area contributed by atoms with Crippen LogP contribution < -0.4 is 21.1 Å². The third kappa shape index (κ3) is 10.9. The summed E-state index contributed by atoms with van der Waals surface area (Å²) in [4.78, 5) is 35.4. The molecule has 0 bridgehead atoms. The minimum atomic E-state index is -0.997. The molecular weight excluding hydrogens is 346 g/mol. The van der Waals surface area contributed by atoms with Crippen molar-refractivity contribution < 1.29 is 19.1 Å². The smallest absolute Gasteiger partial charge is 0.240 e. The Labute approximate surface area is 161 Å². The quantitative estimate of drug-likeness (QED) is 0.430. The summed E-state index contributed by atoms with van der Waals surface area (Å²) < 4.78 is 5.47. The predicted octanol–water partition coefficient (Wildman–Crippen LogP) is 1.90. The SMILES string of the molecule is CCCCCCCC(=O)N[C@H](CC(=O)NCCOc1ccccc1)C(N)=O. The number of nitrogens with two attached hydrogens (primary N) is 1. The summed E-state index contributed by atoms with van der Waals surface area (Å²) in [5, 5.41) is 5.20. The molecule has 1 aromatic carbocycles. The van der Waals surface area contributed by atoms with Gasteiger partial charge in [-0.25, -0.2) is 0 Å². The van der Waals surface area contributed by atoms with Crippen LogP contribution in [-0.2, 0) is 14.4 Å². The number of nitrogens with one attached hydrogen (secondary N) is 2. The number of amides is 3. The number of primary amides is 1. The van der Waals surface area contributed by atoms with E-state index in [2.05, 4.69) is 17.6 Å². The first-order valence-corrected chi connectivity index (χ1v) is 9.56. The molecule has 0 aliphatic carbocycles. The first-order valence-electron chi connectivity index (χ1n) is 9.56. The molecule has 150 valence electrons. The summed E-state index contributed by atoms with van der Waals surface area (Å²) in [5.41, 5.74) is 5.30. The summed E-state index contributed by atoms with van der Waals surface area (Å²) in [6.07, 6.45) is 5.28. The lowest BCUT2D eigenvalue weighted by molar-refractivity contribution is -0.130. The second kappa shape index (κ2) is 13.6. The molecule has 3 amide bonds. The monoisotopic (exact) mass is 377 g/mol. The highest BCUT2D eigenvalue weighted by molar-refractivity contribution is 5.91. The van der Waals surface area contributed by atoms with E-state index in [0.29, 0.717) is 25.3 Å². The average Bonchev–Trinajstić information content (AvgIpc) is 2.65. The van der Waals surface area contributed by atoms with Gasteiger partial charge < -0.3 is 21.1 Å². The standard InChI is InChI=1S/C20H31N3O4/c1-2-3-4-5-9-12-18(24)23-17(20(21)26)15-19(25)22-13-14-27-16-10-7-6-8-11-16/h6-8,10-11,17H,2-5,9,12-15H2,1H3,(H2,21,26)(H,22,25)(H,23,24)/t17-/m1/s1. The van der Waals surface area contributed by atoms with Gasteiger partial charge in [0.1, 0.15) is 18.4 Å². The lowest BCUT2D eigenvalue weighted by Crippen LogP contribution is -2.47. The molecule has 0 aromatic heterocycles. The molecule has 7 nitrogen and oxygen atoms in total. The molecule has 0 radical (unpaired) electrons. The number of ether oxygens (including phenoxy) is 1. The van der Waals surface area contributed by atoms with Gasteiger partial charge >= 0.3 is 0 Å². The molecule has 0 saturated heterocycles. The lowest BCUT2D eigenvalue weighted by Gasteiger charge is -2.15. The van der Waals surface area contributed by atoms with Crippen molar-refractivity contribution in [3.63, 3.8) is 0 Å². The van der Waals surface area contributed by atoms with Crippen LogP contribution in [0, 0.1) is 0 Å². The molecule has 27 heavy (non-hydrogen) atoms. The molecule has 0 saturated carbocycles. The maximum Gasteiger partial charge on any atom is 0.240 e. The zero-order valence-electron chi connectivity index (χ0n) is 16.0. The van der Waals surface area contributed by atoms with Gasteiger partial charge in [-0.05, 0) is 18.6 Å². The van der Waals surface area contributed by atoms with E-state index in [1.54, 1.807) is 0 Å². The number of carbonyl (C=O) groups is 3. The Balaban J connectivity index is 2.24. The van der Waals surface area contributed by atoms with Gasteiger partial charge in [0.15, 0.2) is 0 Å². The maximum atomic E-state index is 12.0. The number of unbranched alkanes of at least 4 members (excludes halogenated alkanes) is 4. The van der Waals surface area contributed by atoms with Crippen LogP contribution in [0.25, 0.3) is 0 Å². The van der Waals surface area contributed by atoms with Crippen molar-refractivity contribution >= 4 is 17.7 Å². The van der Waals surface area contributed by atoms with Crippen molar-refractivity contribution in [1.29, 1.82) is 0 Å². The van der Waals surface area contributed by atoms with Gasteiger partial charge in [-0.3, -0.25) is 14.4 Å². The highest BCUT2D eigenvalue weighted by atomic mass is 16.5. The van der Waals surface area contributed by atoms with Crippen molar-refractivity contribution in [3.8, 4) is 5.75 Å². The molecule has 0 unspecified atom stereocenters. The third-order valence-corrected chi connectivity index (χ3v) is 4.01. The second-order valence-corrected chi connectivity index (χ2v) is 6.40. The molecule has 0 spiro atoms. The fourth-order valence-corrected chi connectivity index (χ4v) is 2.51. The molecule has 1 aromatic rings. The number of benzene rings is 1. The van der Waals surface area contributed by atoms with Gasteiger partial charge in [0.25, 0.3) is 0 Å². The third-order valence-electron chi connectivity index (χ3n) is 4.01. The van der Waals surface area contributed by atoms with Gasteiger partial charge in [0, 0.05) is 6.42 Å². The van der Waals surface area contributed by atoms with E-state index in [1.807, 2.05) is 30.3 Å². The Morgan fingerprint density at radius 3 is 2.41 bits per heavy atom. The molecule has 1 atom stereocenters.